The Morgan fingerprint density at radius 1 is 0.605 bits per heavy atom. The van der Waals surface area contributed by atoms with E-state index in [4.69, 9.17) is 0 Å². The average molecular weight is 559 g/mol. The molecule has 0 spiro atoms. The molecular weight excluding hydrogens is 528 g/mol. The van der Waals surface area contributed by atoms with Crippen LogP contribution in [0, 0.1) is 13.8 Å². The number of rotatable bonds is 10. The summed E-state index contributed by atoms with van der Waals surface area (Å²) in [5.74, 6) is 0. The molecule has 0 fully saturated rings. The van der Waals surface area contributed by atoms with Gasteiger partial charge in [0.2, 0.25) is 0 Å². The van der Waals surface area contributed by atoms with Gasteiger partial charge in [0, 0.05) is 13.1 Å². The van der Waals surface area contributed by atoms with E-state index in [1.165, 1.54) is 24.3 Å². The first-order chi connectivity index (χ1) is 17.9. The topological polar surface area (TPSA) is 151 Å². The first-order valence-corrected chi connectivity index (χ1v) is 14.7. The van der Waals surface area contributed by atoms with Crippen molar-refractivity contribution in [1.29, 1.82) is 0 Å². The van der Waals surface area contributed by atoms with Crippen molar-refractivity contribution in [3.63, 3.8) is 0 Å². The quantitative estimate of drug-likeness (QED) is 0.301. The van der Waals surface area contributed by atoms with Gasteiger partial charge in [-0.3, -0.25) is 0 Å². The van der Waals surface area contributed by atoms with Crippen LogP contribution in [0.15, 0.2) is 82.6 Å². The van der Waals surface area contributed by atoms with E-state index >= 15 is 0 Å². The summed E-state index contributed by atoms with van der Waals surface area (Å²) in [6, 6.07) is 18.1. The van der Waals surface area contributed by atoms with Crippen LogP contribution in [0.5, 0.6) is 0 Å². The van der Waals surface area contributed by atoms with Crippen LogP contribution in [-0.4, -0.2) is 42.0 Å². The van der Waals surface area contributed by atoms with Crippen molar-refractivity contribution in [2.75, 3.05) is 13.1 Å². The molecule has 0 aliphatic heterocycles. The van der Waals surface area contributed by atoms with Crippen molar-refractivity contribution in [2.24, 2.45) is 0 Å². The summed E-state index contributed by atoms with van der Waals surface area (Å²) in [4.78, 5) is 24.2. The van der Waals surface area contributed by atoms with Gasteiger partial charge in [-0.05, 0) is 62.1 Å². The maximum Gasteiger partial charge on any atom is 0.328 e. The number of amides is 4. The first kappa shape index (κ1) is 28.7. The van der Waals surface area contributed by atoms with E-state index in [1.807, 2.05) is 47.6 Å². The maximum absolute atomic E-state index is 12.3. The molecule has 0 atom stereocenters. The van der Waals surface area contributed by atoms with Crippen LogP contribution < -0.4 is 20.1 Å². The van der Waals surface area contributed by atoms with Crippen molar-refractivity contribution in [3.8, 4) is 0 Å². The van der Waals surface area contributed by atoms with Crippen molar-refractivity contribution >= 4 is 32.1 Å². The Balaban J connectivity index is 1.42. The first-order valence-electron chi connectivity index (χ1n) is 11.8. The molecule has 0 saturated carbocycles. The molecule has 12 heteroatoms. The third-order valence-electron chi connectivity index (χ3n) is 5.51. The summed E-state index contributed by atoms with van der Waals surface area (Å²) in [5, 5.41) is 5.07. The average Bonchev–Trinajstić information content (AvgIpc) is 2.84. The van der Waals surface area contributed by atoms with E-state index in [0.717, 1.165) is 22.3 Å². The highest BCUT2D eigenvalue weighted by Gasteiger charge is 2.18. The SMILES string of the molecule is Cc1ccc(S(=O)(=O)NC(=O)NCCc2cccc(CCNC(=O)NS(=O)(=O)c3ccc(C)cc3)c2)cc1. The zero-order chi connectivity index (χ0) is 27.8. The third-order valence-corrected chi connectivity index (χ3v) is 8.20. The van der Waals surface area contributed by atoms with Crippen molar-refractivity contribution in [2.45, 2.75) is 36.5 Å². The zero-order valence-corrected chi connectivity index (χ0v) is 22.7. The molecule has 38 heavy (non-hydrogen) atoms. The van der Waals surface area contributed by atoms with Crippen LogP contribution in [0.4, 0.5) is 9.59 Å². The number of hydrogen-bond donors (Lipinski definition) is 4. The van der Waals surface area contributed by atoms with Gasteiger partial charge in [0.1, 0.15) is 0 Å². The standard InChI is InChI=1S/C26H30N4O6S2/c1-19-6-10-23(11-7-19)37(33,34)29-25(31)27-16-14-21-4-3-5-22(18-21)15-17-28-26(32)30-38(35,36)24-12-8-20(2)9-13-24/h3-13,18H,14-17H2,1-2H3,(H2,27,29,31)(H2,28,30,32). The van der Waals surface area contributed by atoms with Gasteiger partial charge in [0.25, 0.3) is 20.0 Å². The molecule has 4 N–H and O–H groups in total. The largest absolute Gasteiger partial charge is 0.337 e. The summed E-state index contributed by atoms with van der Waals surface area (Å²) in [6.45, 7) is 4.07. The van der Waals surface area contributed by atoms with E-state index < -0.39 is 32.1 Å². The molecule has 3 aromatic carbocycles. The Labute approximate surface area is 223 Å². The van der Waals surface area contributed by atoms with Crippen molar-refractivity contribution in [3.05, 3.63) is 95.1 Å². The number of sulfonamides is 2. The van der Waals surface area contributed by atoms with Crippen LogP contribution in [0.2, 0.25) is 0 Å². The molecule has 3 aromatic rings. The molecule has 10 nitrogen and oxygen atoms in total. The Kier molecular flexibility index (Phi) is 9.48. The van der Waals surface area contributed by atoms with Gasteiger partial charge in [-0.1, -0.05) is 59.7 Å². The van der Waals surface area contributed by atoms with E-state index in [1.54, 1.807) is 24.3 Å². The molecule has 0 saturated heterocycles. The van der Waals surface area contributed by atoms with Crippen LogP contribution in [0.3, 0.4) is 0 Å². The molecule has 0 bridgehead atoms. The van der Waals surface area contributed by atoms with Gasteiger partial charge in [-0.2, -0.15) is 0 Å². The number of carbonyl (C=O) groups is 2. The van der Waals surface area contributed by atoms with Crippen LogP contribution in [0.25, 0.3) is 0 Å². The molecule has 0 aromatic heterocycles. The van der Waals surface area contributed by atoms with E-state index in [-0.39, 0.29) is 22.9 Å². The molecule has 0 unspecified atom stereocenters. The minimum atomic E-state index is -3.96. The smallest absolute Gasteiger partial charge is 0.328 e. The number of urea groups is 2. The second-order valence-corrected chi connectivity index (χ2v) is 12.0. The van der Waals surface area contributed by atoms with Gasteiger partial charge >= 0.3 is 12.1 Å². The van der Waals surface area contributed by atoms with Crippen molar-refractivity contribution in [1.82, 2.24) is 20.1 Å². The van der Waals surface area contributed by atoms with Crippen LogP contribution >= 0.6 is 0 Å². The second-order valence-electron chi connectivity index (χ2n) is 8.67. The number of nitrogens with one attached hydrogen (secondary N) is 4. The van der Waals surface area contributed by atoms with Crippen LogP contribution in [0.1, 0.15) is 22.3 Å². The molecular formula is C26H30N4O6S2. The molecule has 0 radical (unpaired) electrons. The minimum absolute atomic E-state index is 0.000918. The lowest BCUT2D eigenvalue weighted by atomic mass is 10.1. The highest BCUT2D eigenvalue weighted by molar-refractivity contribution is 7.90. The Morgan fingerprint density at radius 3 is 1.34 bits per heavy atom. The zero-order valence-electron chi connectivity index (χ0n) is 21.0. The highest BCUT2D eigenvalue weighted by atomic mass is 32.2. The van der Waals surface area contributed by atoms with Gasteiger partial charge in [0.05, 0.1) is 9.79 Å². The predicted octanol–water partition coefficient (Wildman–Crippen LogP) is 2.76. The Bertz CT molecular complexity index is 1380. The van der Waals surface area contributed by atoms with E-state index in [2.05, 4.69) is 10.6 Å². The fraction of sp³-hybridized carbons (Fsp3) is 0.231. The summed E-state index contributed by atoms with van der Waals surface area (Å²) in [6.07, 6.45) is 0.906. The number of hydrogen-bond acceptors (Lipinski definition) is 6. The maximum atomic E-state index is 12.3. The fourth-order valence-electron chi connectivity index (χ4n) is 3.45. The second kappa shape index (κ2) is 12.6. The number of carbonyl (C=O) groups excluding carboxylic acids is 2. The Morgan fingerprint density at radius 2 is 0.974 bits per heavy atom. The molecule has 0 heterocycles. The van der Waals surface area contributed by atoms with E-state index in [0.29, 0.717) is 12.8 Å². The van der Waals surface area contributed by atoms with Gasteiger partial charge in [0.15, 0.2) is 0 Å². The molecule has 3 rings (SSSR count). The molecule has 202 valence electrons. The molecule has 0 aliphatic rings. The fourth-order valence-corrected chi connectivity index (χ4v) is 5.31. The van der Waals surface area contributed by atoms with Crippen molar-refractivity contribution < 1.29 is 26.4 Å². The summed E-state index contributed by atoms with van der Waals surface area (Å²) in [5.41, 5.74) is 3.60. The normalized spacial score (nSPS) is 11.4. The van der Waals surface area contributed by atoms with Crippen LogP contribution in [-0.2, 0) is 32.9 Å². The number of aryl methyl sites for hydroxylation is 2. The summed E-state index contributed by atoms with van der Waals surface area (Å²) < 4.78 is 53.2. The monoisotopic (exact) mass is 558 g/mol. The molecule has 0 aliphatic carbocycles. The molecule has 4 amide bonds. The highest BCUT2D eigenvalue weighted by Crippen LogP contribution is 2.11. The third kappa shape index (κ3) is 8.60. The summed E-state index contributed by atoms with van der Waals surface area (Å²) in [7, 11) is -7.93. The van der Waals surface area contributed by atoms with Gasteiger partial charge in [-0.25, -0.2) is 35.9 Å². The number of benzene rings is 3. The van der Waals surface area contributed by atoms with E-state index in [9.17, 15) is 26.4 Å². The van der Waals surface area contributed by atoms with Gasteiger partial charge in [-0.15, -0.1) is 0 Å². The lowest BCUT2D eigenvalue weighted by Crippen LogP contribution is -2.40. The lowest BCUT2D eigenvalue weighted by molar-refractivity contribution is 0.245. The predicted molar refractivity (Wildman–Crippen MR) is 144 cm³/mol. The van der Waals surface area contributed by atoms with Gasteiger partial charge < -0.3 is 10.6 Å². The minimum Gasteiger partial charge on any atom is -0.337 e. The Hall–Kier alpha value is -3.90. The summed E-state index contributed by atoms with van der Waals surface area (Å²) >= 11 is 0. The lowest BCUT2D eigenvalue weighted by Gasteiger charge is -2.10.